The summed E-state index contributed by atoms with van der Waals surface area (Å²) >= 11 is 0. The van der Waals surface area contributed by atoms with Gasteiger partial charge in [-0.05, 0) is 42.5 Å². The third kappa shape index (κ3) is 2.37. The number of rotatable bonds is 3. The minimum absolute atomic E-state index is 0.0847. The first-order chi connectivity index (χ1) is 10.6. The number of aryl methyl sites for hydroxylation is 2. The normalized spacial score (nSPS) is 10.9. The molecule has 0 bridgehead atoms. The molecule has 0 aliphatic rings. The molecular formula is C18H18N2O2. The first kappa shape index (κ1) is 14.3. The first-order valence-electron chi connectivity index (χ1n) is 7.30. The smallest absolute Gasteiger partial charge is 0.256 e. The summed E-state index contributed by atoms with van der Waals surface area (Å²) in [4.78, 5) is 19.6. The number of hydrogen-bond acceptors (Lipinski definition) is 3. The molecule has 4 heteroatoms. The number of ether oxygens (including phenoxy) is 1. The van der Waals surface area contributed by atoms with E-state index >= 15 is 0 Å². The lowest BCUT2D eigenvalue weighted by Crippen LogP contribution is -2.09. The standard InChI is InChI=1S/C18H18N2O2/c1-4-12-9-13-8-11(2)20-17(21)16(13)15(10-12)14-6-5-7-19-18(14)22-3/h5-10H,4H2,1-3H3,(H,20,21). The number of pyridine rings is 2. The highest BCUT2D eigenvalue weighted by Crippen LogP contribution is 2.33. The van der Waals surface area contributed by atoms with Crippen molar-refractivity contribution in [2.45, 2.75) is 20.3 Å². The molecule has 3 rings (SSSR count). The fraction of sp³-hybridized carbons (Fsp3) is 0.222. The van der Waals surface area contributed by atoms with E-state index in [0.29, 0.717) is 11.3 Å². The van der Waals surface area contributed by atoms with Crippen molar-refractivity contribution in [2.24, 2.45) is 0 Å². The largest absolute Gasteiger partial charge is 0.481 e. The zero-order valence-electron chi connectivity index (χ0n) is 12.9. The fourth-order valence-corrected chi connectivity index (χ4v) is 2.78. The third-order valence-corrected chi connectivity index (χ3v) is 3.80. The maximum Gasteiger partial charge on any atom is 0.256 e. The van der Waals surface area contributed by atoms with Gasteiger partial charge in [0.2, 0.25) is 5.88 Å². The van der Waals surface area contributed by atoms with Crippen molar-refractivity contribution in [1.82, 2.24) is 9.97 Å². The molecule has 0 saturated heterocycles. The zero-order chi connectivity index (χ0) is 15.7. The Balaban J connectivity index is 2.44. The summed E-state index contributed by atoms with van der Waals surface area (Å²) in [5.41, 5.74) is 3.65. The average molecular weight is 294 g/mol. The molecule has 0 amide bonds. The van der Waals surface area contributed by atoms with Gasteiger partial charge in [-0.3, -0.25) is 4.79 Å². The highest BCUT2D eigenvalue weighted by atomic mass is 16.5. The topological polar surface area (TPSA) is 55.0 Å². The van der Waals surface area contributed by atoms with Crippen LogP contribution in [0.15, 0.2) is 41.3 Å². The molecule has 0 unspecified atom stereocenters. The van der Waals surface area contributed by atoms with Crippen LogP contribution >= 0.6 is 0 Å². The predicted molar refractivity (Wildman–Crippen MR) is 88.5 cm³/mol. The van der Waals surface area contributed by atoms with Crippen molar-refractivity contribution in [3.63, 3.8) is 0 Å². The summed E-state index contributed by atoms with van der Waals surface area (Å²) in [5.74, 6) is 0.525. The lowest BCUT2D eigenvalue weighted by molar-refractivity contribution is 0.400. The molecule has 1 aromatic carbocycles. The Morgan fingerprint density at radius 2 is 2.05 bits per heavy atom. The minimum atomic E-state index is -0.0847. The van der Waals surface area contributed by atoms with E-state index in [9.17, 15) is 4.79 Å². The van der Waals surface area contributed by atoms with Gasteiger partial charge in [0.05, 0.1) is 12.5 Å². The van der Waals surface area contributed by atoms with Gasteiger partial charge in [0.15, 0.2) is 0 Å². The van der Waals surface area contributed by atoms with E-state index in [0.717, 1.165) is 28.6 Å². The van der Waals surface area contributed by atoms with Crippen LogP contribution in [0.1, 0.15) is 18.2 Å². The van der Waals surface area contributed by atoms with Gasteiger partial charge in [-0.15, -0.1) is 0 Å². The number of fused-ring (bicyclic) bond motifs is 1. The molecule has 3 aromatic rings. The van der Waals surface area contributed by atoms with Gasteiger partial charge in [-0.1, -0.05) is 19.1 Å². The van der Waals surface area contributed by atoms with Gasteiger partial charge in [0, 0.05) is 23.0 Å². The van der Waals surface area contributed by atoms with Crippen molar-refractivity contribution in [2.75, 3.05) is 7.11 Å². The van der Waals surface area contributed by atoms with Crippen LogP contribution in [0.2, 0.25) is 0 Å². The lowest BCUT2D eigenvalue weighted by Gasteiger charge is -2.12. The number of nitrogens with zero attached hydrogens (tertiary/aromatic N) is 1. The molecule has 0 fully saturated rings. The lowest BCUT2D eigenvalue weighted by atomic mass is 9.96. The van der Waals surface area contributed by atoms with Gasteiger partial charge in [-0.2, -0.15) is 0 Å². The predicted octanol–water partition coefficient (Wildman–Crippen LogP) is 3.47. The van der Waals surface area contributed by atoms with Crippen molar-refractivity contribution < 1.29 is 4.74 Å². The number of aromatic nitrogens is 2. The fourth-order valence-electron chi connectivity index (χ4n) is 2.78. The zero-order valence-corrected chi connectivity index (χ0v) is 12.9. The Morgan fingerprint density at radius 3 is 2.77 bits per heavy atom. The molecule has 0 saturated carbocycles. The Morgan fingerprint density at radius 1 is 1.23 bits per heavy atom. The molecule has 1 N–H and O–H groups in total. The highest BCUT2D eigenvalue weighted by Gasteiger charge is 2.14. The Bertz CT molecular complexity index is 897. The Hall–Kier alpha value is -2.62. The van der Waals surface area contributed by atoms with Gasteiger partial charge in [-0.25, -0.2) is 4.98 Å². The summed E-state index contributed by atoms with van der Waals surface area (Å²) in [5, 5.41) is 1.62. The Labute approximate surface area is 128 Å². The summed E-state index contributed by atoms with van der Waals surface area (Å²) in [6.45, 7) is 4.00. The molecule has 112 valence electrons. The van der Waals surface area contributed by atoms with Crippen LogP contribution in [-0.2, 0) is 6.42 Å². The first-order valence-corrected chi connectivity index (χ1v) is 7.30. The van der Waals surface area contributed by atoms with E-state index in [1.165, 1.54) is 5.56 Å². The minimum Gasteiger partial charge on any atom is -0.481 e. The second-order valence-electron chi connectivity index (χ2n) is 5.30. The maximum absolute atomic E-state index is 12.5. The molecule has 4 nitrogen and oxygen atoms in total. The number of H-pyrrole nitrogens is 1. The summed E-state index contributed by atoms with van der Waals surface area (Å²) < 4.78 is 5.36. The van der Waals surface area contributed by atoms with Crippen LogP contribution in [-0.4, -0.2) is 17.1 Å². The molecule has 0 atom stereocenters. The second kappa shape index (κ2) is 5.64. The average Bonchev–Trinajstić information content (AvgIpc) is 2.53. The van der Waals surface area contributed by atoms with E-state index in [1.54, 1.807) is 13.3 Å². The number of aromatic amines is 1. The SMILES string of the molecule is CCc1cc(-c2cccnc2OC)c2c(=O)[nH]c(C)cc2c1. The van der Waals surface area contributed by atoms with Crippen molar-refractivity contribution in [3.05, 3.63) is 58.1 Å². The van der Waals surface area contributed by atoms with E-state index in [-0.39, 0.29) is 5.56 Å². The maximum atomic E-state index is 12.5. The third-order valence-electron chi connectivity index (χ3n) is 3.80. The molecule has 0 aliphatic heterocycles. The summed E-state index contributed by atoms with van der Waals surface area (Å²) in [7, 11) is 1.59. The summed E-state index contributed by atoms with van der Waals surface area (Å²) in [6.07, 6.45) is 2.58. The van der Waals surface area contributed by atoms with Crippen LogP contribution in [0.5, 0.6) is 5.88 Å². The van der Waals surface area contributed by atoms with Crippen LogP contribution in [0.3, 0.4) is 0 Å². The molecule has 0 spiro atoms. The van der Waals surface area contributed by atoms with Crippen molar-refractivity contribution >= 4 is 10.8 Å². The molecule has 0 aliphatic carbocycles. The molecule has 0 radical (unpaired) electrons. The van der Waals surface area contributed by atoms with E-state index in [4.69, 9.17) is 4.74 Å². The van der Waals surface area contributed by atoms with Crippen LogP contribution in [0.4, 0.5) is 0 Å². The molecular weight excluding hydrogens is 276 g/mol. The van der Waals surface area contributed by atoms with Crippen LogP contribution in [0, 0.1) is 6.92 Å². The van der Waals surface area contributed by atoms with Crippen LogP contribution < -0.4 is 10.3 Å². The second-order valence-corrected chi connectivity index (χ2v) is 5.30. The number of methoxy groups -OCH3 is 1. The molecule has 22 heavy (non-hydrogen) atoms. The number of benzene rings is 1. The number of hydrogen-bond donors (Lipinski definition) is 1. The van der Waals surface area contributed by atoms with Gasteiger partial charge >= 0.3 is 0 Å². The Kier molecular flexibility index (Phi) is 3.67. The van der Waals surface area contributed by atoms with Gasteiger partial charge in [0.1, 0.15) is 0 Å². The summed E-state index contributed by atoms with van der Waals surface area (Å²) in [6, 6.07) is 9.91. The van der Waals surface area contributed by atoms with Crippen molar-refractivity contribution in [1.29, 1.82) is 0 Å². The van der Waals surface area contributed by atoms with E-state index < -0.39 is 0 Å². The molecule has 2 heterocycles. The van der Waals surface area contributed by atoms with Gasteiger partial charge < -0.3 is 9.72 Å². The molecule has 2 aromatic heterocycles. The monoisotopic (exact) mass is 294 g/mol. The quantitative estimate of drug-likeness (QED) is 0.804. The number of nitrogens with one attached hydrogen (secondary N) is 1. The van der Waals surface area contributed by atoms with E-state index in [2.05, 4.69) is 23.0 Å². The van der Waals surface area contributed by atoms with Crippen LogP contribution in [0.25, 0.3) is 21.9 Å². The highest BCUT2D eigenvalue weighted by molar-refractivity contribution is 5.97. The van der Waals surface area contributed by atoms with Crippen molar-refractivity contribution in [3.8, 4) is 17.0 Å². The van der Waals surface area contributed by atoms with Gasteiger partial charge in [0.25, 0.3) is 5.56 Å². The van der Waals surface area contributed by atoms with E-state index in [1.807, 2.05) is 31.2 Å².